The second kappa shape index (κ2) is 12.3. The van der Waals surface area contributed by atoms with E-state index in [0.29, 0.717) is 21.4 Å². The van der Waals surface area contributed by atoms with E-state index >= 15 is 0 Å². The molecular formula is C31H24ClN3O2S2. The molecule has 0 fully saturated rings. The zero-order valence-electron chi connectivity index (χ0n) is 20.9. The van der Waals surface area contributed by atoms with Gasteiger partial charge in [0.25, 0.3) is 5.91 Å². The number of benzene rings is 4. The number of hydrogen-bond donors (Lipinski definition) is 2. The Bertz CT molecular complexity index is 1570. The summed E-state index contributed by atoms with van der Waals surface area (Å²) in [7, 11) is 0. The van der Waals surface area contributed by atoms with Gasteiger partial charge in [-0.1, -0.05) is 71.8 Å². The lowest BCUT2D eigenvalue weighted by Crippen LogP contribution is -2.19. The van der Waals surface area contributed by atoms with Crippen LogP contribution in [0, 0.1) is 6.92 Å². The molecule has 2 N–H and O–H groups in total. The van der Waals surface area contributed by atoms with Crippen molar-refractivity contribution in [3.63, 3.8) is 0 Å². The highest BCUT2D eigenvalue weighted by molar-refractivity contribution is 8.00. The van der Waals surface area contributed by atoms with Crippen molar-refractivity contribution in [2.24, 2.45) is 0 Å². The molecule has 0 aliphatic carbocycles. The van der Waals surface area contributed by atoms with E-state index < -0.39 is 5.25 Å². The van der Waals surface area contributed by atoms with Gasteiger partial charge < -0.3 is 10.6 Å². The average Bonchev–Trinajstić information content (AvgIpc) is 3.42. The van der Waals surface area contributed by atoms with E-state index in [9.17, 15) is 9.59 Å². The Kier molecular flexibility index (Phi) is 8.42. The third-order valence-corrected chi connectivity index (χ3v) is 8.17. The molecule has 1 atom stereocenters. The van der Waals surface area contributed by atoms with Crippen molar-refractivity contribution in [1.29, 1.82) is 0 Å². The standard InChI is InChI=1S/C31H24ClN3O2S2/c1-20-7-9-23(10-8-20)29(36)33-25-15-17-26(18-16-25)39-28(22-5-3-2-4-6-22)30(37)35-31-34-27(19-38-31)21-11-13-24(32)14-12-21/h2-19,28H,1H3,(H,33,36)(H,34,35,37). The summed E-state index contributed by atoms with van der Waals surface area (Å²) in [6.45, 7) is 1.98. The van der Waals surface area contributed by atoms with Crippen LogP contribution in [0.25, 0.3) is 11.3 Å². The summed E-state index contributed by atoms with van der Waals surface area (Å²) in [5.41, 5.74) is 4.97. The molecule has 4 aromatic carbocycles. The zero-order chi connectivity index (χ0) is 27.2. The van der Waals surface area contributed by atoms with E-state index in [1.807, 2.05) is 103 Å². The minimum atomic E-state index is -0.498. The number of nitrogens with one attached hydrogen (secondary N) is 2. The highest BCUT2D eigenvalue weighted by Gasteiger charge is 2.23. The van der Waals surface area contributed by atoms with Gasteiger partial charge in [-0.25, -0.2) is 4.98 Å². The van der Waals surface area contributed by atoms with Crippen LogP contribution in [0.1, 0.15) is 26.7 Å². The van der Waals surface area contributed by atoms with Crippen LogP contribution in [0.4, 0.5) is 10.8 Å². The lowest BCUT2D eigenvalue weighted by atomic mass is 10.1. The Labute approximate surface area is 240 Å². The van der Waals surface area contributed by atoms with Crippen molar-refractivity contribution < 1.29 is 9.59 Å². The molecule has 0 spiro atoms. The SMILES string of the molecule is Cc1ccc(C(=O)Nc2ccc(SC(C(=O)Nc3nc(-c4ccc(Cl)cc4)cs3)c3ccccc3)cc2)cc1. The Morgan fingerprint density at radius 1 is 0.846 bits per heavy atom. The lowest BCUT2D eigenvalue weighted by molar-refractivity contribution is -0.115. The molecule has 5 aromatic rings. The molecule has 0 saturated heterocycles. The summed E-state index contributed by atoms with van der Waals surface area (Å²) < 4.78 is 0. The minimum Gasteiger partial charge on any atom is -0.322 e. The van der Waals surface area contributed by atoms with Gasteiger partial charge in [0.1, 0.15) is 5.25 Å². The molecule has 1 heterocycles. The molecule has 2 amide bonds. The fraction of sp³-hybridized carbons (Fsp3) is 0.0645. The van der Waals surface area contributed by atoms with Crippen molar-refractivity contribution in [2.45, 2.75) is 17.1 Å². The van der Waals surface area contributed by atoms with Crippen molar-refractivity contribution in [3.8, 4) is 11.3 Å². The van der Waals surface area contributed by atoms with Crippen LogP contribution in [-0.2, 0) is 4.79 Å². The maximum atomic E-state index is 13.5. The van der Waals surface area contributed by atoms with E-state index in [1.54, 1.807) is 12.1 Å². The maximum Gasteiger partial charge on any atom is 0.255 e. The number of thiazole rings is 1. The van der Waals surface area contributed by atoms with Gasteiger partial charge >= 0.3 is 0 Å². The topological polar surface area (TPSA) is 71.1 Å². The number of hydrogen-bond acceptors (Lipinski definition) is 5. The highest BCUT2D eigenvalue weighted by atomic mass is 35.5. The number of aromatic nitrogens is 1. The molecule has 194 valence electrons. The molecule has 0 saturated carbocycles. The molecule has 0 bridgehead atoms. The van der Waals surface area contributed by atoms with Gasteiger partial charge in [0.15, 0.2) is 5.13 Å². The summed E-state index contributed by atoms with van der Waals surface area (Å²) >= 11 is 8.81. The number of anilines is 2. The summed E-state index contributed by atoms with van der Waals surface area (Å²) in [4.78, 5) is 31.5. The van der Waals surface area contributed by atoms with Crippen LogP contribution in [0.3, 0.4) is 0 Å². The molecule has 5 rings (SSSR count). The van der Waals surface area contributed by atoms with E-state index in [-0.39, 0.29) is 11.8 Å². The second-order valence-electron chi connectivity index (χ2n) is 8.79. The van der Waals surface area contributed by atoms with Crippen molar-refractivity contribution >= 4 is 57.3 Å². The van der Waals surface area contributed by atoms with Crippen molar-refractivity contribution in [1.82, 2.24) is 4.98 Å². The van der Waals surface area contributed by atoms with Crippen LogP contribution < -0.4 is 10.6 Å². The summed E-state index contributed by atoms with van der Waals surface area (Å²) in [5, 5.41) is 8.51. The Hall–Kier alpha value is -3.91. The Morgan fingerprint density at radius 3 is 2.23 bits per heavy atom. The Morgan fingerprint density at radius 2 is 1.54 bits per heavy atom. The van der Waals surface area contributed by atoms with Gasteiger partial charge in [0, 0.05) is 32.1 Å². The first-order valence-corrected chi connectivity index (χ1v) is 14.3. The third kappa shape index (κ3) is 6.95. The van der Waals surface area contributed by atoms with Gasteiger partial charge in [-0.2, -0.15) is 0 Å². The lowest BCUT2D eigenvalue weighted by Gasteiger charge is -2.16. The average molecular weight is 570 g/mol. The molecule has 1 aromatic heterocycles. The fourth-order valence-corrected chi connectivity index (χ4v) is 5.69. The number of carbonyl (C=O) groups excluding carboxylic acids is 2. The largest absolute Gasteiger partial charge is 0.322 e. The van der Waals surface area contributed by atoms with Gasteiger partial charge in [-0.05, 0) is 61.0 Å². The van der Waals surface area contributed by atoms with Crippen LogP contribution in [0.2, 0.25) is 5.02 Å². The molecule has 1 unspecified atom stereocenters. The van der Waals surface area contributed by atoms with E-state index in [4.69, 9.17) is 11.6 Å². The first-order valence-electron chi connectivity index (χ1n) is 12.2. The van der Waals surface area contributed by atoms with Crippen molar-refractivity contribution in [3.05, 3.63) is 130 Å². The first kappa shape index (κ1) is 26.7. The van der Waals surface area contributed by atoms with Crippen molar-refractivity contribution in [2.75, 3.05) is 10.6 Å². The predicted octanol–water partition coefficient (Wildman–Crippen LogP) is 8.50. The highest BCUT2D eigenvalue weighted by Crippen LogP contribution is 2.37. The van der Waals surface area contributed by atoms with Crippen LogP contribution in [0.5, 0.6) is 0 Å². The number of rotatable bonds is 8. The zero-order valence-corrected chi connectivity index (χ0v) is 23.3. The van der Waals surface area contributed by atoms with Gasteiger partial charge in [0.05, 0.1) is 5.69 Å². The number of aryl methyl sites for hydroxylation is 1. The van der Waals surface area contributed by atoms with Gasteiger partial charge in [0.2, 0.25) is 5.91 Å². The smallest absolute Gasteiger partial charge is 0.255 e. The van der Waals surface area contributed by atoms with Gasteiger partial charge in [-0.15, -0.1) is 23.1 Å². The monoisotopic (exact) mass is 569 g/mol. The molecule has 0 aliphatic heterocycles. The number of amides is 2. The van der Waals surface area contributed by atoms with Crippen LogP contribution >= 0.6 is 34.7 Å². The quantitative estimate of drug-likeness (QED) is 0.184. The summed E-state index contributed by atoms with van der Waals surface area (Å²) in [5.74, 6) is -0.335. The van der Waals surface area contributed by atoms with E-state index in [1.165, 1.54) is 23.1 Å². The normalized spacial score (nSPS) is 11.5. The maximum absolute atomic E-state index is 13.5. The van der Waals surface area contributed by atoms with E-state index in [2.05, 4.69) is 15.6 Å². The summed E-state index contributed by atoms with van der Waals surface area (Å²) in [6, 6.07) is 32.0. The molecule has 39 heavy (non-hydrogen) atoms. The number of thioether (sulfide) groups is 1. The van der Waals surface area contributed by atoms with Gasteiger partial charge in [-0.3, -0.25) is 9.59 Å². The molecule has 0 aliphatic rings. The first-order chi connectivity index (χ1) is 18.9. The second-order valence-corrected chi connectivity index (χ2v) is 11.3. The number of nitrogens with zero attached hydrogens (tertiary/aromatic N) is 1. The minimum absolute atomic E-state index is 0.167. The predicted molar refractivity (Wildman–Crippen MR) is 162 cm³/mol. The fourth-order valence-electron chi connectivity index (χ4n) is 3.82. The van der Waals surface area contributed by atoms with Crippen LogP contribution in [-0.4, -0.2) is 16.8 Å². The van der Waals surface area contributed by atoms with Crippen LogP contribution in [0.15, 0.2) is 113 Å². The molecular weight excluding hydrogens is 546 g/mol. The third-order valence-electron chi connectivity index (χ3n) is 5.89. The molecule has 5 nitrogen and oxygen atoms in total. The molecule has 8 heteroatoms. The summed E-state index contributed by atoms with van der Waals surface area (Å²) in [6.07, 6.45) is 0. The molecule has 0 radical (unpaired) electrons. The number of halogens is 1. The Balaban J connectivity index is 1.29. The number of carbonyl (C=O) groups is 2. The van der Waals surface area contributed by atoms with E-state index in [0.717, 1.165) is 27.3 Å².